The van der Waals surface area contributed by atoms with E-state index < -0.39 is 7.44 Å². The Bertz CT molecular complexity index is 428. The van der Waals surface area contributed by atoms with Crippen LogP contribution in [0.5, 0.6) is 0 Å². The largest absolute Gasteiger partial charge is 0.283 e. The first-order valence-electron chi connectivity index (χ1n) is 5.84. The lowest BCUT2D eigenvalue weighted by Gasteiger charge is -2.21. The predicted molar refractivity (Wildman–Crippen MR) is 66.0 cm³/mol. The van der Waals surface area contributed by atoms with Gasteiger partial charge in [-0.2, -0.15) is 0 Å². The highest BCUT2D eigenvalue weighted by Crippen LogP contribution is 2.63. The molecule has 2 heterocycles. The fraction of sp³-hybridized carbons (Fsp3) is 0.500. The average molecular weight is 236 g/mol. The molecule has 3 nitrogen and oxygen atoms in total. The lowest BCUT2D eigenvalue weighted by atomic mass is 10.4. The lowest BCUT2D eigenvalue weighted by molar-refractivity contribution is 0.516. The molecule has 3 rings (SSSR count). The van der Waals surface area contributed by atoms with E-state index in [4.69, 9.17) is 0 Å². The Balaban J connectivity index is 2.00. The molecule has 0 bridgehead atoms. The highest BCUT2D eigenvalue weighted by Gasteiger charge is 2.55. The fourth-order valence-electron chi connectivity index (χ4n) is 2.27. The van der Waals surface area contributed by atoms with Crippen molar-refractivity contribution in [1.29, 1.82) is 0 Å². The van der Waals surface area contributed by atoms with E-state index in [0.717, 1.165) is 18.4 Å². The molecule has 4 heteroatoms. The van der Waals surface area contributed by atoms with E-state index in [-0.39, 0.29) is 0 Å². The normalized spacial score (nSPS) is 40.1. The maximum Gasteiger partial charge on any atom is 0.246 e. The molecule has 0 aliphatic carbocycles. The molecular weight excluding hydrogens is 219 g/mol. The SMILES string of the molecule is C[C@H]1CN1P(=O)(c1ccccc1)N1C[C@@H]1C. The molecule has 2 aliphatic rings. The van der Waals surface area contributed by atoms with Gasteiger partial charge in [0.15, 0.2) is 0 Å². The standard InChI is InChI=1S/C12H17N2OP/c1-10-8-13(10)16(15,14-9-11(14)2)12-6-4-3-5-7-12/h3-7,10-11H,8-9H2,1-2H3/t10-,11-,13?,14?,16?/m0/s1. The molecule has 0 spiro atoms. The summed E-state index contributed by atoms with van der Waals surface area (Å²) in [5.41, 5.74) is 0. The molecule has 0 amide bonds. The van der Waals surface area contributed by atoms with Crippen LogP contribution in [0.25, 0.3) is 0 Å². The minimum absolute atomic E-state index is 0.471. The summed E-state index contributed by atoms with van der Waals surface area (Å²) in [4.78, 5) is 0. The summed E-state index contributed by atoms with van der Waals surface area (Å²) in [5, 5.41) is 0.990. The highest BCUT2D eigenvalue weighted by atomic mass is 31.2. The van der Waals surface area contributed by atoms with Crippen molar-refractivity contribution in [2.45, 2.75) is 25.9 Å². The van der Waals surface area contributed by atoms with Crippen LogP contribution in [0, 0.1) is 0 Å². The van der Waals surface area contributed by atoms with E-state index in [9.17, 15) is 4.57 Å². The van der Waals surface area contributed by atoms with E-state index in [1.807, 2.05) is 30.3 Å². The Hall–Kier alpha value is -0.630. The number of rotatable bonds is 3. The van der Waals surface area contributed by atoms with Crippen LogP contribution in [-0.4, -0.2) is 34.5 Å². The van der Waals surface area contributed by atoms with E-state index in [1.165, 1.54) is 0 Å². The van der Waals surface area contributed by atoms with Gasteiger partial charge in [-0.15, -0.1) is 0 Å². The van der Waals surface area contributed by atoms with Crippen molar-refractivity contribution in [3.63, 3.8) is 0 Å². The van der Waals surface area contributed by atoms with Crippen molar-refractivity contribution in [1.82, 2.24) is 9.34 Å². The van der Waals surface area contributed by atoms with Crippen molar-refractivity contribution in [3.05, 3.63) is 30.3 Å². The minimum Gasteiger partial charge on any atom is -0.283 e. The van der Waals surface area contributed by atoms with Gasteiger partial charge in [-0.3, -0.25) is 4.57 Å². The molecule has 4 atom stereocenters. The van der Waals surface area contributed by atoms with Gasteiger partial charge >= 0.3 is 0 Å². The van der Waals surface area contributed by atoms with Gasteiger partial charge in [-0.25, -0.2) is 9.34 Å². The van der Waals surface area contributed by atoms with Gasteiger partial charge in [0, 0.05) is 30.5 Å². The van der Waals surface area contributed by atoms with Gasteiger partial charge in [0.2, 0.25) is 7.44 Å². The second kappa shape index (κ2) is 3.43. The Kier molecular flexibility index (Phi) is 2.25. The zero-order valence-corrected chi connectivity index (χ0v) is 10.6. The first-order valence-corrected chi connectivity index (χ1v) is 7.45. The van der Waals surface area contributed by atoms with Gasteiger partial charge in [0.1, 0.15) is 0 Å². The maximum absolute atomic E-state index is 13.2. The highest BCUT2D eigenvalue weighted by molar-refractivity contribution is 7.67. The van der Waals surface area contributed by atoms with Crippen LogP contribution >= 0.6 is 7.44 Å². The van der Waals surface area contributed by atoms with Crippen molar-refractivity contribution >= 4 is 12.7 Å². The number of benzene rings is 1. The molecule has 0 saturated carbocycles. The van der Waals surface area contributed by atoms with Crippen molar-refractivity contribution in [2.75, 3.05) is 13.1 Å². The summed E-state index contributed by atoms with van der Waals surface area (Å²) in [5.74, 6) is 0. The first kappa shape index (κ1) is 10.5. The number of hydrogen-bond donors (Lipinski definition) is 0. The van der Waals surface area contributed by atoms with Gasteiger partial charge < -0.3 is 0 Å². The molecule has 0 N–H and O–H groups in total. The van der Waals surface area contributed by atoms with E-state index >= 15 is 0 Å². The zero-order valence-electron chi connectivity index (χ0n) is 9.71. The molecular formula is C12H17N2OP. The van der Waals surface area contributed by atoms with Crippen LogP contribution < -0.4 is 5.30 Å². The molecule has 86 valence electrons. The molecule has 1 aromatic rings. The lowest BCUT2D eigenvalue weighted by Crippen LogP contribution is -2.19. The summed E-state index contributed by atoms with van der Waals surface area (Å²) in [6, 6.07) is 10.9. The van der Waals surface area contributed by atoms with Crippen molar-refractivity contribution in [2.24, 2.45) is 0 Å². The summed E-state index contributed by atoms with van der Waals surface area (Å²) >= 11 is 0. The quantitative estimate of drug-likeness (QED) is 0.591. The van der Waals surface area contributed by atoms with E-state index in [2.05, 4.69) is 23.2 Å². The molecule has 1 aromatic carbocycles. The molecule has 2 fully saturated rings. The molecule has 16 heavy (non-hydrogen) atoms. The topological polar surface area (TPSA) is 23.1 Å². The Morgan fingerprint density at radius 1 is 1.06 bits per heavy atom. The Labute approximate surface area is 96.5 Å². The molecule has 2 saturated heterocycles. The minimum atomic E-state index is -2.44. The van der Waals surface area contributed by atoms with Gasteiger partial charge in [0.25, 0.3) is 0 Å². The Morgan fingerprint density at radius 3 is 1.88 bits per heavy atom. The Morgan fingerprint density at radius 2 is 1.50 bits per heavy atom. The van der Waals surface area contributed by atoms with E-state index in [1.54, 1.807) is 0 Å². The molecule has 0 aromatic heterocycles. The summed E-state index contributed by atoms with van der Waals surface area (Å²) in [6.07, 6.45) is 0. The van der Waals surface area contributed by atoms with Crippen LogP contribution in [0.15, 0.2) is 30.3 Å². The molecule has 0 radical (unpaired) electrons. The first-order chi connectivity index (χ1) is 7.64. The number of nitrogens with zero attached hydrogens (tertiary/aromatic N) is 2. The number of hydrogen-bond acceptors (Lipinski definition) is 1. The smallest absolute Gasteiger partial charge is 0.246 e. The second-order valence-corrected chi connectivity index (χ2v) is 7.45. The van der Waals surface area contributed by atoms with Gasteiger partial charge in [-0.1, -0.05) is 18.2 Å². The van der Waals surface area contributed by atoms with Gasteiger partial charge in [0.05, 0.1) is 0 Å². The molecule has 2 aliphatic heterocycles. The monoisotopic (exact) mass is 236 g/mol. The predicted octanol–water partition coefficient (Wildman–Crippen LogP) is 1.91. The fourth-order valence-corrected chi connectivity index (χ4v) is 5.70. The van der Waals surface area contributed by atoms with Crippen molar-refractivity contribution in [3.8, 4) is 0 Å². The van der Waals surface area contributed by atoms with Crippen LogP contribution in [0.4, 0.5) is 0 Å². The third kappa shape index (κ3) is 1.46. The maximum atomic E-state index is 13.2. The molecule has 2 unspecified atom stereocenters. The summed E-state index contributed by atoms with van der Waals surface area (Å²) in [7, 11) is -2.44. The van der Waals surface area contributed by atoms with Crippen LogP contribution in [0.2, 0.25) is 0 Å². The zero-order chi connectivity index (χ0) is 11.3. The van der Waals surface area contributed by atoms with Crippen LogP contribution in [-0.2, 0) is 4.57 Å². The average Bonchev–Trinajstić information content (AvgIpc) is 3.18. The third-order valence-electron chi connectivity index (χ3n) is 3.44. The van der Waals surface area contributed by atoms with Crippen LogP contribution in [0.1, 0.15) is 13.8 Å². The summed E-state index contributed by atoms with van der Waals surface area (Å²) in [6.45, 7) is 6.22. The van der Waals surface area contributed by atoms with Crippen LogP contribution in [0.3, 0.4) is 0 Å². The van der Waals surface area contributed by atoms with E-state index in [0.29, 0.717) is 12.1 Å². The van der Waals surface area contributed by atoms with Gasteiger partial charge in [-0.05, 0) is 26.0 Å². The summed E-state index contributed by atoms with van der Waals surface area (Å²) < 4.78 is 17.5. The van der Waals surface area contributed by atoms with Crippen molar-refractivity contribution < 1.29 is 4.57 Å². The second-order valence-electron chi connectivity index (χ2n) is 4.82. The third-order valence-corrected chi connectivity index (χ3v) is 6.92.